The molecule has 0 amide bonds. The lowest BCUT2D eigenvalue weighted by molar-refractivity contribution is 0.0920. The van der Waals surface area contributed by atoms with Gasteiger partial charge in [-0.3, -0.25) is 9.80 Å². The zero-order valence-corrected chi connectivity index (χ0v) is 14.5. The summed E-state index contributed by atoms with van der Waals surface area (Å²) in [7, 11) is -3.11. The molecule has 0 aromatic rings. The van der Waals surface area contributed by atoms with Crippen LogP contribution in [-0.4, -0.2) is 92.7 Å². The minimum Gasteiger partial charge on any atom is -0.314 e. The Balaban J connectivity index is 1.80. The summed E-state index contributed by atoms with van der Waals surface area (Å²) in [5, 5.41) is 3.29. The molecule has 1 N–H and O–H groups in total. The first-order valence-electron chi connectivity index (χ1n) is 7.95. The summed E-state index contributed by atoms with van der Waals surface area (Å²) in [6.45, 7) is 13.9. The van der Waals surface area contributed by atoms with Crippen LogP contribution in [0.4, 0.5) is 0 Å². The van der Waals surface area contributed by atoms with Gasteiger partial charge in [-0.05, 0) is 20.8 Å². The van der Waals surface area contributed by atoms with Gasteiger partial charge in [-0.1, -0.05) is 0 Å². The zero-order valence-electron chi connectivity index (χ0n) is 13.6. The van der Waals surface area contributed by atoms with E-state index in [-0.39, 0.29) is 11.3 Å². The van der Waals surface area contributed by atoms with Crippen LogP contribution >= 0.6 is 0 Å². The van der Waals surface area contributed by atoms with Crippen molar-refractivity contribution in [3.05, 3.63) is 0 Å². The Morgan fingerprint density at radius 1 is 0.952 bits per heavy atom. The van der Waals surface area contributed by atoms with Crippen molar-refractivity contribution in [2.24, 2.45) is 0 Å². The maximum Gasteiger partial charge on any atom is 0.215 e. The minimum atomic E-state index is -3.11. The van der Waals surface area contributed by atoms with E-state index in [9.17, 15) is 8.42 Å². The van der Waals surface area contributed by atoms with Gasteiger partial charge in [0, 0.05) is 64.4 Å². The van der Waals surface area contributed by atoms with Crippen molar-refractivity contribution in [1.29, 1.82) is 0 Å². The third kappa shape index (κ3) is 4.89. The van der Waals surface area contributed by atoms with Gasteiger partial charge in [0.1, 0.15) is 0 Å². The van der Waals surface area contributed by atoms with Crippen molar-refractivity contribution in [3.8, 4) is 0 Å². The number of rotatable bonds is 4. The van der Waals surface area contributed by atoms with Gasteiger partial charge in [0.05, 0.1) is 5.75 Å². The van der Waals surface area contributed by atoms with Crippen LogP contribution < -0.4 is 5.32 Å². The van der Waals surface area contributed by atoms with Crippen molar-refractivity contribution < 1.29 is 8.42 Å². The third-order valence-corrected chi connectivity index (χ3v) is 6.31. The van der Waals surface area contributed by atoms with Gasteiger partial charge in [-0.25, -0.2) is 8.42 Å². The topological polar surface area (TPSA) is 55.9 Å². The average molecular weight is 318 g/mol. The lowest BCUT2D eigenvalue weighted by Gasteiger charge is -2.41. The Bertz CT molecular complexity index is 419. The number of hydrogen-bond acceptors (Lipinski definition) is 5. The van der Waals surface area contributed by atoms with E-state index in [1.807, 2.05) is 0 Å². The molecule has 0 radical (unpaired) electrons. The minimum absolute atomic E-state index is 0.122. The van der Waals surface area contributed by atoms with Crippen LogP contribution in [0.2, 0.25) is 0 Å². The van der Waals surface area contributed by atoms with Gasteiger partial charge in [-0.15, -0.1) is 0 Å². The second kappa shape index (κ2) is 6.91. The van der Waals surface area contributed by atoms with Crippen LogP contribution in [-0.2, 0) is 10.0 Å². The largest absolute Gasteiger partial charge is 0.314 e. The second-order valence-corrected chi connectivity index (χ2v) is 9.05. The Morgan fingerprint density at radius 2 is 1.52 bits per heavy atom. The van der Waals surface area contributed by atoms with E-state index in [0.717, 1.165) is 39.3 Å². The quantitative estimate of drug-likeness (QED) is 0.767. The molecule has 2 heterocycles. The van der Waals surface area contributed by atoms with Gasteiger partial charge in [0.15, 0.2) is 0 Å². The van der Waals surface area contributed by atoms with E-state index in [2.05, 4.69) is 35.9 Å². The van der Waals surface area contributed by atoms with Crippen molar-refractivity contribution in [3.63, 3.8) is 0 Å². The molecule has 2 aliphatic heterocycles. The Morgan fingerprint density at radius 3 is 2.05 bits per heavy atom. The fourth-order valence-electron chi connectivity index (χ4n) is 2.95. The summed E-state index contributed by atoms with van der Waals surface area (Å²) in [6.07, 6.45) is 0. The molecular formula is C14H30N4O2S. The standard InChI is InChI=1S/C14H30N4O2S/c1-14(2,3)17-8-10-18(11-9-17)21(19,20)13-12-16-6-4-15-5-7-16/h15H,4-13H2,1-3H3. The van der Waals surface area contributed by atoms with Crippen LogP contribution in [0.1, 0.15) is 20.8 Å². The molecule has 0 saturated carbocycles. The van der Waals surface area contributed by atoms with Gasteiger partial charge in [-0.2, -0.15) is 4.31 Å². The highest BCUT2D eigenvalue weighted by Crippen LogP contribution is 2.17. The third-order valence-electron chi connectivity index (χ3n) is 4.46. The van der Waals surface area contributed by atoms with Gasteiger partial charge >= 0.3 is 0 Å². The highest BCUT2D eigenvalue weighted by Gasteiger charge is 2.31. The highest BCUT2D eigenvalue weighted by atomic mass is 32.2. The van der Waals surface area contributed by atoms with E-state index in [4.69, 9.17) is 0 Å². The van der Waals surface area contributed by atoms with Crippen LogP contribution in [0, 0.1) is 0 Å². The van der Waals surface area contributed by atoms with Gasteiger partial charge in [0.2, 0.25) is 10.0 Å². The molecule has 0 aromatic carbocycles. The van der Waals surface area contributed by atoms with Crippen molar-refractivity contribution in [2.75, 3.05) is 64.7 Å². The van der Waals surface area contributed by atoms with Crippen LogP contribution in [0.25, 0.3) is 0 Å². The monoisotopic (exact) mass is 318 g/mol. The normalized spacial score (nSPS) is 24.3. The molecule has 2 fully saturated rings. The summed E-state index contributed by atoms with van der Waals surface area (Å²) in [4.78, 5) is 4.59. The molecule has 2 aliphatic rings. The van der Waals surface area contributed by atoms with Crippen molar-refractivity contribution in [2.45, 2.75) is 26.3 Å². The molecule has 0 spiro atoms. The SMILES string of the molecule is CC(C)(C)N1CCN(S(=O)(=O)CCN2CCNCC2)CC1. The summed E-state index contributed by atoms with van der Waals surface area (Å²) < 4.78 is 26.6. The molecule has 2 rings (SSSR count). The Kier molecular flexibility index (Phi) is 5.65. The lowest BCUT2D eigenvalue weighted by Crippen LogP contribution is -2.55. The van der Waals surface area contributed by atoms with Gasteiger partial charge < -0.3 is 5.32 Å². The highest BCUT2D eigenvalue weighted by molar-refractivity contribution is 7.89. The van der Waals surface area contributed by atoms with Crippen LogP contribution in [0.15, 0.2) is 0 Å². The van der Waals surface area contributed by atoms with Crippen molar-refractivity contribution in [1.82, 2.24) is 19.4 Å². The molecule has 0 unspecified atom stereocenters. The number of piperazine rings is 2. The number of hydrogen-bond donors (Lipinski definition) is 1. The summed E-state index contributed by atoms with van der Waals surface area (Å²) in [5.74, 6) is 0.252. The fraction of sp³-hybridized carbons (Fsp3) is 1.00. The molecule has 124 valence electrons. The molecule has 0 aliphatic carbocycles. The number of sulfonamides is 1. The first-order valence-corrected chi connectivity index (χ1v) is 9.56. The van der Waals surface area contributed by atoms with E-state index in [1.165, 1.54) is 0 Å². The molecular weight excluding hydrogens is 288 g/mol. The molecule has 0 atom stereocenters. The predicted molar refractivity (Wildman–Crippen MR) is 86.0 cm³/mol. The maximum absolute atomic E-state index is 12.4. The Hall–Kier alpha value is -0.210. The van der Waals surface area contributed by atoms with E-state index < -0.39 is 10.0 Å². The van der Waals surface area contributed by atoms with E-state index in [1.54, 1.807) is 4.31 Å². The first-order chi connectivity index (χ1) is 9.79. The Labute approximate surface area is 129 Å². The maximum atomic E-state index is 12.4. The van der Waals surface area contributed by atoms with Crippen LogP contribution in [0.3, 0.4) is 0 Å². The van der Waals surface area contributed by atoms with Crippen LogP contribution in [0.5, 0.6) is 0 Å². The summed E-state index contributed by atoms with van der Waals surface area (Å²) in [5.41, 5.74) is 0.122. The average Bonchev–Trinajstić information content (AvgIpc) is 2.46. The molecule has 6 nitrogen and oxygen atoms in total. The van der Waals surface area contributed by atoms with Crippen molar-refractivity contribution >= 4 is 10.0 Å². The molecule has 21 heavy (non-hydrogen) atoms. The van der Waals surface area contributed by atoms with E-state index in [0.29, 0.717) is 19.6 Å². The first kappa shape index (κ1) is 17.1. The molecule has 2 saturated heterocycles. The fourth-order valence-corrected chi connectivity index (χ4v) is 4.41. The lowest BCUT2D eigenvalue weighted by atomic mass is 10.1. The van der Waals surface area contributed by atoms with E-state index >= 15 is 0 Å². The summed E-state index contributed by atoms with van der Waals surface area (Å²) >= 11 is 0. The summed E-state index contributed by atoms with van der Waals surface area (Å²) in [6, 6.07) is 0. The zero-order chi connectivity index (χ0) is 15.5. The van der Waals surface area contributed by atoms with Gasteiger partial charge in [0.25, 0.3) is 0 Å². The second-order valence-electron chi connectivity index (χ2n) is 6.96. The number of nitrogens with one attached hydrogen (secondary N) is 1. The smallest absolute Gasteiger partial charge is 0.215 e. The number of nitrogens with zero attached hydrogens (tertiary/aromatic N) is 3. The molecule has 7 heteroatoms. The predicted octanol–water partition coefficient (Wildman–Crippen LogP) is -0.362. The molecule has 0 aromatic heterocycles. The molecule has 0 bridgehead atoms.